The first kappa shape index (κ1) is 22.3. The summed E-state index contributed by atoms with van der Waals surface area (Å²) in [5.41, 5.74) is 2.27. The Hall–Kier alpha value is -1.92. The quantitative estimate of drug-likeness (QED) is 0.737. The van der Waals surface area contributed by atoms with Crippen molar-refractivity contribution in [3.8, 4) is 0 Å². The van der Waals surface area contributed by atoms with E-state index in [9.17, 15) is 9.59 Å². The standard InChI is InChI=1S/C25H37N3O3/c1-3-24(29)27-15-14-21-11-7-12-22(28(21)25(30)18-31-2)17-26(20-9-6-10-20)16-19-8-4-5-13-23(19)27/h4-5,8,13,20-22H,3,6-7,9-12,14-18H2,1-2H3. The Morgan fingerprint density at radius 3 is 2.39 bits per heavy atom. The van der Waals surface area contributed by atoms with Gasteiger partial charge in [-0.15, -0.1) is 0 Å². The lowest BCUT2D eigenvalue weighted by Gasteiger charge is -2.46. The molecule has 170 valence electrons. The predicted octanol–water partition coefficient (Wildman–Crippen LogP) is 3.58. The molecular weight excluding hydrogens is 390 g/mol. The summed E-state index contributed by atoms with van der Waals surface area (Å²) >= 11 is 0. The summed E-state index contributed by atoms with van der Waals surface area (Å²) < 4.78 is 5.24. The number of rotatable bonds is 4. The summed E-state index contributed by atoms with van der Waals surface area (Å²) in [4.78, 5) is 32.8. The topological polar surface area (TPSA) is 53.1 Å². The van der Waals surface area contributed by atoms with Gasteiger partial charge in [0.25, 0.3) is 0 Å². The van der Waals surface area contributed by atoms with Crippen LogP contribution in [0.5, 0.6) is 0 Å². The number of carbonyl (C=O) groups is 2. The number of piperidine rings is 1. The van der Waals surface area contributed by atoms with Crippen molar-refractivity contribution in [1.29, 1.82) is 0 Å². The van der Waals surface area contributed by atoms with Crippen molar-refractivity contribution in [2.24, 2.45) is 0 Å². The highest BCUT2D eigenvalue weighted by Crippen LogP contribution is 2.34. The maximum absolute atomic E-state index is 13.1. The number of nitrogens with zero attached hydrogens (tertiary/aromatic N) is 3. The first-order chi connectivity index (χ1) is 15.1. The van der Waals surface area contributed by atoms with Crippen molar-refractivity contribution < 1.29 is 14.3 Å². The van der Waals surface area contributed by atoms with E-state index in [-0.39, 0.29) is 30.5 Å². The zero-order chi connectivity index (χ0) is 21.8. The van der Waals surface area contributed by atoms with Gasteiger partial charge in [-0.2, -0.15) is 0 Å². The molecule has 2 heterocycles. The summed E-state index contributed by atoms with van der Waals surface area (Å²) in [6, 6.07) is 9.36. The van der Waals surface area contributed by atoms with Crippen LogP contribution in [0.15, 0.2) is 24.3 Å². The van der Waals surface area contributed by atoms with E-state index < -0.39 is 0 Å². The van der Waals surface area contributed by atoms with Crippen LogP contribution >= 0.6 is 0 Å². The van der Waals surface area contributed by atoms with Gasteiger partial charge in [-0.05, 0) is 50.2 Å². The molecule has 2 atom stereocenters. The Balaban J connectivity index is 1.72. The number of ether oxygens (including phenoxy) is 1. The van der Waals surface area contributed by atoms with E-state index >= 15 is 0 Å². The first-order valence-corrected chi connectivity index (χ1v) is 12.0. The van der Waals surface area contributed by atoms with Gasteiger partial charge in [0.1, 0.15) is 6.61 Å². The van der Waals surface area contributed by atoms with Gasteiger partial charge in [0.15, 0.2) is 0 Å². The van der Waals surface area contributed by atoms with E-state index in [1.807, 2.05) is 17.9 Å². The fourth-order valence-corrected chi connectivity index (χ4v) is 5.57. The van der Waals surface area contributed by atoms with Crippen LogP contribution in [0.3, 0.4) is 0 Å². The average Bonchev–Trinajstić information content (AvgIpc) is 2.74. The zero-order valence-electron chi connectivity index (χ0n) is 19.1. The van der Waals surface area contributed by atoms with E-state index in [0.717, 1.165) is 44.5 Å². The molecule has 2 aliphatic heterocycles. The maximum atomic E-state index is 13.1. The largest absolute Gasteiger partial charge is 0.375 e. The molecule has 6 nitrogen and oxygen atoms in total. The smallest absolute Gasteiger partial charge is 0.249 e. The lowest BCUT2D eigenvalue weighted by Crippen LogP contribution is -2.57. The second-order valence-electron chi connectivity index (χ2n) is 9.30. The van der Waals surface area contributed by atoms with E-state index in [1.165, 1.54) is 24.8 Å². The van der Waals surface area contributed by atoms with Crippen molar-refractivity contribution in [2.45, 2.75) is 83.0 Å². The van der Waals surface area contributed by atoms with Crippen molar-refractivity contribution >= 4 is 17.5 Å². The lowest BCUT2D eigenvalue weighted by atomic mass is 9.88. The van der Waals surface area contributed by atoms with E-state index in [4.69, 9.17) is 4.74 Å². The molecule has 31 heavy (non-hydrogen) atoms. The molecule has 0 spiro atoms. The molecule has 1 aromatic rings. The number of methoxy groups -OCH3 is 1. The minimum absolute atomic E-state index is 0.0934. The molecule has 1 aromatic carbocycles. The summed E-state index contributed by atoms with van der Waals surface area (Å²) in [7, 11) is 1.60. The Bertz CT molecular complexity index is 779. The molecule has 2 fully saturated rings. The van der Waals surface area contributed by atoms with E-state index in [1.54, 1.807) is 7.11 Å². The van der Waals surface area contributed by atoms with Crippen LogP contribution in [-0.2, 0) is 20.9 Å². The fraction of sp³-hybridized carbons (Fsp3) is 0.680. The van der Waals surface area contributed by atoms with Gasteiger partial charge in [0.05, 0.1) is 0 Å². The monoisotopic (exact) mass is 427 g/mol. The van der Waals surface area contributed by atoms with Crippen LogP contribution in [0.25, 0.3) is 0 Å². The summed E-state index contributed by atoms with van der Waals surface area (Å²) in [6.45, 7) is 4.46. The number of amides is 2. The van der Waals surface area contributed by atoms with Crippen LogP contribution in [0, 0.1) is 0 Å². The maximum Gasteiger partial charge on any atom is 0.249 e. The number of fused-ring (bicyclic) bond motifs is 3. The number of anilines is 1. The molecule has 0 radical (unpaired) electrons. The van der Waals surface area contributed by atoms with Crippen LogP contribution in [0.1, 0.15) is 63.9 Å². The third-order valence-electron chi connectivity index (χ3n) is 7.40. The molecule has 1 aliphatic carbocycles. The predicted molar refractivity (Wildman–Crippen MR) is 122 cm³/mol. The van der Waals surface area contributed by atoms with Gasteiger partial charge < -0.3 is 14.5 Å². The average molecular weight is 428 g/mol. The Morgan fingerprint density at radius 2 is 1.68 bits per heavy atom. The molecule has 3 aliphatic rings. The van der Waals surface area contributed by atoms with Crippen LogP contribution in [0.4, 0.5) is 5.69 Å². The molecule has 6 heteroatoms. The van der Waals surface area contributed by atoms with Gasteiger partial charge >= 0.3 is 0 Å². The normalized spacial score (nSPS) is 25.4. The van der Waals surface area contributed by atoms with Gasteiger partial charge in [0.2, 0.25) is 11.8 Å². The molecule has 0 N–H and O–H groups in total. The van der Waals surface area contributed by atoms with Crippen LogP contribution in [-0.4, -0.2) is 66.5 Å². The highest BCUT2D eigenvalue weighted by Gasteiger charge is 2.38. The highest BCUT2D eigenvalue weighted by atomic mass is 16.5. The molecule has 2 unspecified atom stereocenters. The molecule has 1 saturated carbocycles. The number of carbonyl (C=O) groups excluding carboxylic acids is 2. The molecule has 0 aromatic heterocycles. The number of hydrogen-bond acceptors (Lipinski definition) is 4. The van der Waals surface area contributed by atoms with Gasteiger partial charge in [-0.3, -0.25) is 14.5 Å². The molecule has 2 amide bonds. The Kier molecular flexibility index (Phi) is 7.28. The molecule has 1 saturated heterocycles. The molecule has 4 rings (SSSR count). The number of para-hydroxylation sites is 1. The second-order valence-corrected chi connectivity index (χ2v) is 9.30. The minimum Gasteiger partial charge on any atom is -0.375 e. The summed E-state index contributed by atoms with van der Waals surface area (Å²) in [6.07, 6.45) is 8.22. The van der Waals surface area contributed by atoms with Gasteiger partial charge in [-0.1, -0.05) is 31.5 Å². The molecule has 2 bridgehead atoms. The number of hydrogen-bond donors (Lipinski definition) is 0. The third-order valence-corrected chi connectivity index (χ3v) is 7.40. The third kappa shape index (κ3) is 4.80. The minimum atomic E-state index is 0.0934. The van der Waals surface area contributed by atoms with Crippen molar-refractivity contribution in [3.05, 3.63) is 29.8 Å². The zero-order valence-corrected chi connectivity index (χ0v) is 19.1. The van der Waals surface area contributed by atoms with Gasteiger partial charge in [-0.25, -0.2) is 0 Å². The Labute approximate surface area is 186 Å². The van der Waals surface area contributed by atoms with Gasteiger partial charge in [0, 0.05) is 57.0 Å². The molecular formula is C25H37N3O3. The van der Waals surface area contributed by atoms with Crippen molar-refractivity contribution in [3.63, 3.8) is 0 Å². The number of benzene rings is 1. The van der Waals surface area contributed by atoms with Crippen LogP contribution < -0.4 is 4.90 Å². The van der Waals surface area contributed by atoms with E-state index in [0.29, 0.717) is 19.0 Å². The van der Waals surface area contributed by atoms with Crippen molar-refractivity contribution in [1.82, 2.24) is 9.80 Å². The summed E-state index contributed by atoms with van der Waals surface area (Å²) in [5.74, 6) is 0.250. The van der Waals surface area contributed by atoms with Crippen LogP contribution in [0.2, 0.25) is 0 Å². The first-order valence-electron chi connectivity index (χ1n) is 12.0. The lowest BCUT2D eigenvalue weighted by molar-refractivity contribution is -0.143. The second kappa shape index (κ2) is 10.1. The fourth-order valence-electron chi connectivity index (χ4n) is 5.57. The highest BCUT2D eigenvalue weighted by molar-refractivity contribution is 5.94. The Morgan fingerprint density at radius 1 is 0.968 bits per heavy atom. The summed E-state index contributed by atoms with van der Waals surface area (Å²) in [5, 5.41) is 0. The van der Waals surface area contributed by atoms with Crippen molar-refractivity contribution in [2.75, 3.05) is 31.7 Å². The van der Waals surface area contributed by atoms with E-state index in [2.05, 4.69) is 28.0 Å². The SMILES string of the molecule is CCC(=O)N1CCC2CCCC(CN(C3CCC3)Cc3ccccc31)N2C(=O)COC.